The van der Waals surface area contributed by atoms with E-state index >= 15 is 0 Å². The minimum atomic E-state index is -0.387. The average Bonchev–Trinajstić information content (AvgIpc) is 2.40. The summed E-state index contributed by atoms with van der Waals surface area (Å²) >= 11 is 0. The summed E-state index contributed by atoms with van der Waals surface area (Å²) in [5.41, 5.74) is 6.78. The molecule has 4 heteroatoms. The average molecular weight is 248 g/mol. The largest absolute Gasteiger partial charge is 0.382 e. The highest BCUT2D eigenvalue weighted by Gasteiger charge is 2.20. The number of rotatable bonds is 4. The lowest BCUT2D eigenvalue weighted by atomic mass is 9.93. The summed E-state index contributed by atoms with van der Waals surface area (Å²) in [6, 6.07) is 7.82. The second-order valence-electron chi connectivity index (χ2n) is 4.80. The van der Waals surface area contributed by atoms with E-state index in [0.29, 0.717) is 17.7 Å². The second-order valence-corrected chi connectivity index (χ2v) is 4.80. The van der Waals surface area contributed by atoms with Gasteiger partial charge in [-0.2, -0.15) is 0 Å². The fraction of sp³-hybridized carbons (Fsp3) is 0.500. The molecule has 1 aromatic rings. The molecule has 1 aliphatic rings. The van der Waals surface area contributed by atoms with Crippen LogP contribution in [0.25, 0.3) is 0 Å². The molecule has 0 aliphatic heterocycles. The van der Waals surface area contributed by atoms with Gasteiger partial charge < -0.3 is 15.8 Å². The van der Waals surface area contributed by atoms with E-state index < -0.39 is 0 Å². The fourth-order valence-electron chi connectivity index (χ4n) is 2.44. The minimum Gasteiger partial charge on any atom is -0.382 e. The first-order chi connectivity index (χ1) is 8.69. The SMILES string of the molecule is COC1CCC(Nc2cccc(C(N)=O)c2)CC1. The third kappa shape index (κ3) is 3.23. The second kappa shape index (κ2) is 5.87. The summed E-state index contributed by atoms with van der Waals surface area (Å²) in [7, 11) is 1.77. The van der Waals surface area contributed by atoms with Crippen LogP contribution in [0.5, 0.6) is 0 Å². The first kappa shape index (κ1) is 12.9. The number of amides is 1. The Morgan fingerprint density at radius 2 is 2.06 bits per heavy atom. The van der Waals surface area contributed by atoms with Crippen molar-refractivity contribution in [2.24, 2.45) is 5.73 Å². The molecule has 1 amide bonds. The van der Waals surface area contributed by atoms with Gasteiger partial charge in [0.25, 0.3) is 0 Å². The topological polar surface area (TPSA) is 64.3 Å². The predicted molar refractivity (Wildman–Crippen MR) is 71.6 cm³/mol. The molecule has 0 aromatic heterocycles. The Morgan fingerprint density at radius 1 is 1.33 bits per heavy atom. The highest BCUT2D eigenvalue weighted by molar-refractivity contribution is 5.93. The molecule has 0 spiro atoms. The molecule has 18 heavy (non-hydrogen) atoms. The van der Waals surface area contributed by atoms with Crippen LogP contribution in [0, 0.1) is 0 Å². The molecule has 0 bridgehead atoms. The number of nitrogens with one attached hydrogen (secondary N) is 1. The monoisotopic (exact) mass is 248 g/mol. The van der Waals surface area contributed by atoms with Crippen LogP contribution in [0.2, 0.25) is 0 Å². The Morgan fingerprint density at radius 3 is 2.67 bits per heavy atom. The maximum absolute atomic E-state index is 11.1. The molecule has 0 unspecified atom stereocenters. The number of hydrogen-bond donors (Lipinski definition) is 2. The van der Waals surface area contributed by atoms with Crippen LogP contribution in [0.15, 0.2) is 24.3 Å². The molecule has 1 saturated carbocycles. The van der Waals surface area contributed by atoms with E-state index in [1.54, 1.807) is 13.2 Å². The first-order valence-corrected chi connectivity index (χ1v) is 6.38. The quantitative estimate of drug-likeness (QED) is 0.858. The van der Waals surface area contributed by atoms with Crippen molar-refractivity contribution >= 4 is 11.6 Å². The van der Waals surface area contributed by atoms with E-state index in [4.69, 9.17) is 10.5 Å². The van der Waals surface area contributed by atoms with E-state index in [2.05, 4.69) is 5.32 Å². The number of carbonyl (C=O) groups is 1. The van der Waals surface area contributed by atoms with Gasteiger partial charge in [0.15, 0.2) is 0 Å². The van der Waals surface area contributed by atoms with Crippen LogP contribution in [0.1, 0.15) is 36.0 Å². The molecule has 0 saturated heterocycles. The Bertz CT molecular complexity index is 412. The van der Waals surface area contributed by atoms with Crippen molar-refractivity contribution in [3.63, 3.8) is 0 Å². The predicted octanol–water partition coefficient (Wildman–Crippen LogP) is 2.16. The summed E-state index contributed by atoms with van der Waals surface area (Å²) < 4.78 is 5.35. The van der Waals surface area contributed by atoms with Gasteiger partial charge in [-0.3, -0.25) is 4.79 Å². The Kier molecular flexibility index (Phi) is 4.20. The minimum absolute atomic E-state index is 0.387. The van der Waals surface area contributed by atoms with Gasteiger partial charge in [-0.25, -0.2) is 0 Å². The summed E-state index contributed by atoms with van der Waals surface area (Å²) in [6.45, 7) is 0. The van der Waals surface area contributed by atoms with E-state index in [-0.39, 0.29) is 5.91 Å². The van der Waals surface area contributed by atoms with Gasteiger partial charge in [0, 0.05) is 24.4 Å². The van der Waals surface area contributed by atoms with Crippen LogP contribution in [-0.4, -0.2) is 25.2 Å². The summed E-state index contributed by atoms with van der Waals surface area (Å²) in [6.07, 6.45) is 4.77. The maximum atomic E-state index is 11.1. The van der Waals surface area contributed by atoms with Gasteiger partial charge >= 0.3 is 0 Å². The standard InChI is InChI=1S/C14H20N2O2/c1-18-13-7-5-11(6-8-13)16-12-4-2-3-10(9-12)14(15)17/h2-4,9,11,13,16H,5-8H2,1H3,(H2,15,17). The summed E-state index contributed by atoms with van der Waals surface area (Å²) in [5, 5.41) is 3.46. The zero-order valence-electron chi connectivity index (χ0n) is 10.7. The third-order valence-corrected chi connectivity index (χ3v) is 3.53. The number of nitrogens with two attached hydrogens (primary N) is 1. The van der Waals surface area contributed by atoms with Crippen LogP contribution in [0.4, 0.5) is 5.69 Å². The van der Waals surface area contributed by atoms with Gasteiger partial charge in [-0.15, -0.1) is 0 Å². The van der Waals surface area contributed by atoms with E-state index in [0.717, 1.165) is 31.4 Å². The Hall–Kier alpha value is -1.55. The summed E-state index contributed by atoms with van der Waals surface area (Å²) in [4.78, 5) is 11.1. The van der Waals surface area contributed by atoms with Gasteiger partial charge in [-0.05, 0) is 43.9 Å². The number of methoxy groups -OCH3 is 1. The number of carbonyl (C=O) groups excluding carboxylic acids is 1. The highest BCUT2D eigenvalue weighted by Crippen LogP contribution is 2.24. The Labute approximate surface area is 108 Å². The maximum Gasteiger partial charge on any atom is 0.248 e. The lowest BCUT2D eigenvalue weighted by Crippen LogP contribution is -2.29. The van der Waals surface area contributed by atoms with Crippen molar-refractivity contribution in [1.29, 1.82) is 0 Å². The van der Waals surface area contributed by atoms with Gasteiger partial charge in [0.2, 0.25) is 5.91 Å². The molecule has 2 rings (SSSR count). The van der Waals surface area contributed by atoms with Crippen LogP contribution in [-0.2, 0) is 4.74 Å². The van der Waals surface area contributed by atoms with Crippen molar-refractivity contribution < 1.29 is 9.53 Å². The van der Waals surface area contributed by atoms with Crippen molar-refractivity contribution in [1.82, 2.24) is 0 Å². The van der Waals surface area contributed by atoms with E-state index in [9.17, 15) is 4.79 Å². The molecule has 1 fully saturated rings. The lowest BCUT2D eigenvalue weighted by Gasteiger charge is -2.29. The molecule has 1 aliphatic carbocycles. The zero-order chi connectivity index (χ0) is 13.0. The van der Waals surface area contributed by atoms with Gasteiger partial charge in [-0.1, -0.05) is 6.07 Å². The molecule has 0 radical (unpaired) electrons. The van der Waals surface area contributed by atoms with Crippen molar-refractivity contribution in [3.05, 3.63) is 29.8 Å². The molecular formula is C14H20N2O2. The zero-order valence-corrected chi connectivity index (χ0v) is 10.7. The number of primary amides is 1. The van der Waals surface area contributed by atoms with E-state index in [1.165, 1.54) is 0 Å². The smallest absolute Gasteiger partial charge is 0.248 e. The van der Waals surface area contributed by atoms with Crippen LogP contribution in [0.3, 0.4) is 0 Å². The normalized spacial score (nSPS) is 23.6. The first-order valence-electron chi connectivity index (χ1n) is 6.38. The van der Waals surface area contributed by atoms with Crippen LogP contribution < -0.4 is 11.1 Å². The molecule has 0 heterocycles. The molecular weight excluding hydrogens is 228 g/mol. The molecule has 3 N–H and O–H groups in total. The number of benzene rings is 1. The lowest BCUT2D eigenvalue weighted by molar-refractivity contribution is 0.0682. The van der Waals surface area contributed by atoms with Crippen molar-refractivity contribution in [2.45, 2.75) is 37.8 Å². The number of anilines is 1. The number of ether oxygens (including phenoxy) is 1. The third-order valence-electron chi connectivity index (χ3n) is 3.53. The molecule has 1 aromatic carbocycles. The highest BCUT2D eigenvalue weighted by atomic mass is 16.5. The van der Waals surface area contributed by atoms with Crippen molar-refractivity contribution in [3.8, 4) is 0 Å². The van der Waals surface area contributed by atoms with Crippen molar-refractivity contribution in [2.75, 3.05) is 12.4 Å². The molecule has 98 valence electrons. The van der Waals surface area contributed by atoms with Gasteiger partial charge in [0.05, 0.1) is 6.10 Å². The van der Waals surface area contributed by atoms with Crippen LogP contribution >= 0.6 is 0 Å². The molecule has 4 nitrogen and oxygen atoms in total. The fourth-order valence-corrected chi connectivity index (χ4v) is 2.44. The number of hydrogen-bond acceptors (Lipinski definition) is 3. The Balaban J connectivity index is 1.94. The summed E-state index contributed by atoms with van der Waals surface area (Å²) in [5.74, 6) is -0.387. The van der Waals surface area contributed by atoms with Gasteiger partial charge in [0.1, 0.15) is 0 Å². The van der Waals surface area contributed by atoms with E-state index in [1.807, 2.05) is 18.2 Å². The molecule has 0 atom stereocenters.